The van der Waals surface area contributed by atoms with Gasteiger partial charge in [-0.1, -0.05) is 6.92 Å². The van der Waals surface area contributed by atoms with Gasteiger partial charge in [-0.25, -0.2) is 0 Å². The topological polar surface area (TPSA) is 42.7 Å². The molecule has 2 rings (SSSR count). The zero-order valence-electron chi connectivity index (χ0n) is 19.7. The molecule has 0 saturated carbocycles. The molecule has 2 aliphatic heterocycles. The van der Waals surface area contributed by atoms with Crippen molar-refractivity contribution >= 4 is 12.2 Å². The van der Waals surface area contributed by atoms with Crippen LogP contribution in [-0.4, -0.2) is 51.2 Å². The minimum Gasteiger partial charge on any atom is -0.361 e. The summed E-state index contributed by atoms with van der Waals surface area (Å²) in [5.74, 6) is 1.35. The predicted octanol–water partition coefficient (Wildman–Crippen LogP) is 5.71. The largest absolute Gasteiger partial charge is 0.361 e. The highest BCUT2D eigenvalue weighted by Crippen LogP contribution is 2.50. The lowest BCUT2D eigenvalue weighted by molar-refractivity contribution is 0.0384. The molecule has 0 spiro atoms. The highest BCUT2D eigenvalue weighted by molar-refractivity contribution is 5.91. The normalized spacial score (nSPS) is 31.2. The molecule has 1 fully saturated rings. The van der Waals surface area contributed by atoms with Crippen molar-refractivity contribution in [2.45, 2.75) is 123 Å². The van der Waals surface area contributed by atoms with E-state index < -0.39 is 0 Å². The number of nitrogens with one attached hydrogen (secondary N) is 1. The molecule has 0 aromatic rings. The highest BCUT2D eigenvalue weighted by atomic mass is 15.3. The zero-order chi connectivity index (χ0) is 20.9. The van der Waals surface area contributed by atoms with Crippen LogP contribution >= 0.6 is 0 Å². The molecule has 0 aromatic carbocycles. The molecule has 0 amide bonds. The Morgan fingerprint density at radius 2 is 1.59 bits per heavy atom. The van der Waals surface area contributed by atoms with Crippen LogP contribution < -0.4 is 0 Å². The standard InChI is InChI=1S/C23H44N4/c1-19(2,3)27-18-22(8,13-11-21(27,6)7)14-16-23(9,25-18)15-12-20(4,5)26(10)17-24/h17,24H,11-16H2,1-10H3. The lowest BCUT2D eigenvalue weighted by Crippen LogP contribution is -2.65. The molecular formula is C23H44N4. The van der Waals surface area contributed by atoms with Crippen LogP contribution in [0.1, 0.15) is 101 Å². The molecule has 2 heterocycles. The maximum atomic E-state index is 7.59. The van der Waals surface area contributed by atoms with E-state index in [1.165, 1.54) is 31.4 Å². The Balaban J connectivity index is 2.37. The molecule has 1 N–H and O–H groups in total. The second kappa shape index (κ2) is 6.77. The lowest BCUT2D eigenvalue weighted by Gasteiger charge is -2.60. The van der Waals surface area contributed by atoms with Crippen molar-refractivity contribution in [2.24, 2.45) is 10.4 Å². The van der Waals surface area contributed by atoms with E-state index in [-0.39, 0.29) is 27.6 Å². The van der Waals surface area contributed by atoms with Crippen LogP contribution in [0, 0.1) is 10.8 Å². The third-order valence-electron chi connectivity index (χ3n) is 7.33. The van der Waals surface area contributed by atoms with Gasteiger partial charge in [0.15, 0.2) is 0 Å². The molecule has 4 nitrogen and oxygen atoms in total. The van der Waals surface area contributed by atoms with Crippen molar-refractivity contribution in [3.05, 3.63) is 0 Å². The van der Waals surface area contributed by atoms with Crippen molar-refractivity contribution in [3.8, 4) is 0 Å². The number of fused-ring (bicyclic) bond motifs is 1. The van der Waals surface area contributed by atoms with E-state index in [0.717, 1.165) is 19.3 Å². The Kier molecular flexibility index (Phi) is 5.58. The van der Waals surface area contributed by atoms with E-state index in [0.29, 0.717) is 0 Å². The molecule has 2 aliphatic rings. The quantitative estimate of drug-likeness (QED) is 0.493. The van der Waals surface area contributed by atoms with Gasteiger partial charge in [-0.05, 0) is 93.9 Å². The fourth-order valence-electron chi connectivity index (χ4n) is 4.97. The third kappa shape index (κ3) is 4.35. The first-order valence-corrected chi connectivity index (χ1v) is 10.7. The van der Waals surface area contributed by atoms with Gasteiger partial charge in [0.25, 0.3) is 0 Å². The summed E-state index contributed by atoms with van der Waals surface area (Å²) in [5.41, 5.74) is 0.410. The zero-order valence-corrected chi connectivity index (χ0v) is 19.7. The van der Waals surface area contributed by atoms with E-state index in [9.17, 15) is 0 Å². The van der Waals surface area contributed by atoms with E-state index in [1.54, 1.807) is 0 Å². The summed E-state index contributed by atoms with van der Waals surface area (Å²) < 4.78 is 0. The minimum absolute atomic E-state index is 0.00804. The third-order valence-corrected chi connectivity index (χ3v) is 7.33. The van der Waals surface area contributed by atoms with Crippen LogP contribution in [0.3, 0.4) is 0 Å². The maximum absolute atomic E-state index is 7.59. The van der Waals surface area contributed by atoms with Gasteiger partial charge in [0.2, 0.25) is 0 Å². The van der Waals surface area contributed by atoms with Gasteiger partial charge in [0.05, 0.1) is 11.9 Å². The van der Waals surface area contributed by atoms with Crippen molar-refractivity contribution in [3.63, 3.8) is 0 Å². The maximum Gasteiger partial charge on any atom is 0.106 e. The van der Waals surface area contributed by atoms with Crippen LogP contribution in [0.15, 0.2) is 4.99 Å². The summed E-state index contributed by atoms with van der Waals surface area (Å²) in [6.07, 6.45) is 8.41. The molecule has 27 heavy (non-hydrogen) atoms. The van der Waals surface area contributed by atoms with Crippen LogP contribution in [0.25, 0.3) is 0 Å². The molecule has 4 heteroatoms. The van der Waals surface area contributed by atoms with Crippen molar-refractivity contribution in [1.82, 2.24) is 9.80 Å². The molecule has 0 aromatic heterocycles. The van der Waals surface area contributed by atoms with E-state index in [1.807, 2.05) is 11.9 Å². The van der Waals surface area contributed by atoms with E-state index in [4.69, 9.17) is 10.4 Å². The van der Waals surface area contributed by atoms with Gasteiger partial charge < -0.3 is 9.80 Å². The van der Waals surface area contributed by atoms with Gasteiger partial charge in [-0.3, -0.25) is 10.4 Å². The number of piperidine rings is 1. The number of likely N-dealkylation sites (tertiary alicyclic amines) is 1. The molecule has 0 radical (unpaired) electrons. The summed E-state index contributed by atoms with van der Waals surface area (Å²) in [6.45, 7) is 21.0. The average Bonchev–Trinajstić information content (AvgIpc) is 2.52. The average molecular weight is 377 g/mol. The van der Waals surface area contributed by atoms with E-state index in [2.05, 4.69) is 67.2 Å². The van der Waals surface area contributed by atoms with Crippen molar-refractivity contribution in [2.75, 3.05) is 7.05 Å². The molecule has 0 aliphatic carbocycles. The number of hydrogen-bond donors (Lipinski definition) is 1. The Hall–Kier alpha value is -1.06. The Morgan fingerprint density at radius 3 is 2.11 bits per heavy atom. The molecule has 2 atom stereocenters. The minimum atomic E-state index is -0.0127. The lowest BCUT2D eigenvalue weighted by atomic mass is 9.66. The molecule has 2 unspecified atom stereocenters. The predicted molar refractivity (Wildman–Crippen MR) is 118 cm³/mol. The van der Waals surface area contributed by atoms with Gasteiger partial charge in [-0.15, -0.1) is 0 Å². The van der Waals surface area contributed by atoms with Gasteiger partial charge in [-0.2, -0.15) is 0 Å². The Morgan fingerprint density at radius 1 is 1.04 bits per heavy atom. The Labute approximate surface area is 168 Å². The van der Waals surface area contributed by atoms with Crippen molar-refractivity contribution < 1.29 is 0 Å². The second-order valence-electron chi connectivity index (χ2n) is 11.9. The van der Waals surface area contributed by atoms with E-state index >= 15 is 0 Å². The van der Waals surface area contributed by atoms with Gasteiger partial charge in [0.1, 0.15) is 5.84 Å². The molecule has 1 saturated heterocycles. The smallest absolute Gasteiger partial charge is 0.106 e. The SMILES string of the molecule is CN(C=N)C(C)(C)CCC1(C)CCC2(C)CCC(C)(C)N(C(C)(C)C)C2=N1. The summed E-state index contributed by atoms with van der Waals surface area (Å²) in [6, 6.07) is 0. The Bertz CT molecular complexity index is 598. The first kappa shape index (κ1) is 22.2. The van der Waals surface area contributed by atoms with Crippen molar-refractivity contribution in [1.29, 1.82) is 5.41 Å². The second-order valence-corrected chi connectivity index (χ2v) is 11.9. The monoisotopic (exact) mass is 376 g/mol. The summed E-state index contributed by atoms with van der Waals surface area (Å²) in [5, 5.41) is 7.59. The highest BCUT2D eigenvalue weighted by Gasteiger charge is 2.52. The number of nitrogens with zero attached hydrogens (tertiary/aromatic N) is 3. The summed E-state index contributed by atoms with van der Waals surface area (Å²) in [7, 11) is 2.00. The molecule has 156 valence electrons. The number of rotatable bonds is 5. The summed E-state index contributed by atoms with van der Waals surface area (Å²) in [4.78, 5) is 10.2. The fraction of sp³-hybridized carbons (Fsp3) is 0.913. The number of hydrogen-bond acceptors (Lipinski definition) is 3. The number of aliphatic imine (C=N–C) groups is 1. The molecule has 0 bridgehead atoms. The fourth-order valence-corrected chi connectivity index (χ4v) is 4.97. The first-order chi connectivity index (χ1) is 12.1. The first-order valence-electron chi connectivity index (χ1n) is 10.7. The van der Waals surface area contributed by atoms with Crippen LogP contribution in [0.5, 0.6) is 0 Å². The van der Waals surface area contributed by atoms with Crippen LogP contribution in [0.2, 0.25) is 0 Å². The number of amidine groups is 1. The van der Waals surface area contributed by atoms with Crippen LogP contribution in [-0.2, 0) is 0 Å². The van der Waals surface area contributed by atoms with Gasteiger partial charge >= 0.3 is 0 Å². The summed E-state index contributed by atoms with van der Waals surface area (Å²) >= 11 is 0. The molecular weight excluding hydrogens is 332 g/mol. The van der Waals surface area contributed by atoms with Crippen LogP contribution in [0.4, 0.5) is 0 Å². The van der Waals surface area contributed by atoms with Gasteiger partial charge in [0, 0.05) is 29.1 Å².